The fourth-order valence-corrected chi connectivity index (χ4v) is 4.28. The monoisotopic (exact) mass is 252 g/mol. The van der Waals surface area contributed by atoms with Crippen LogP contribution in [0.2, 0.25) is 0 Å². The molecule has 0 radical (unpaired) electrons. The molecule has 0 fully saturated rings. The summed E-state index contributed by atoms with van der Waals surface area (Å²) < 4.78 is 61.0. The van der Waals surface area contributed by atoms with Crippen molar-refractivity contribution in [1.29, 1.82) is 4.78 Å². The van der Waals surface area contributed by atoms with Crippen LogP contribution in [0.3, 0.4) is 0 Å². The summed E-state index contributed by atoms with van der Waals surface area (Å²) in [6.45, 7) is 1.24. The second kappa shape index (κ2) is 4.20. The molecule has 1 unspecified atom stereocenters. The van der Waals surface area contributed by atoms with Crippen LogP contribution < -0.4 is 0 Å². The van der Waals surface area contributed by atoms with Gasteiger partial charge in [0.2, 0.25) is 0 Å². The Hall–Kier alpha value is -0.0700. The summed E-state index contributed by atoms with van der Waals surface area (Å²) >= 11 is 0. The molecule has 0 aromatic carbocycles. The number of hydrogen-bond acceptors (Lipinski definition) is 3. The van der Waals surface area contributed by atoms with E-state index in [1.807, 2.05) is 0 Å². The zero-order chi connectivity index (χ0) is 11.6. The van der Waals surface area contributed by atoms with Gasteiger partial charge in [0.15, 0.2) is 0 Å². The molecule has 0 aliphatic carbocycles. The maximum absolute atomic E-state index is 11.8. The number of nitrogens with zero attached hydrogens (tertiary/aromatic N) is 1. The van der Waals surface area contributed by atoms with Crippen molar-refractivity contribution in [3.05, 3.63) is 0 Å². The zero-order valence-electron chi connectivity index (χ0n) is 7.96. The molecule has 0 heterocycles. The first kappa shape index (κ1) is 13.9. The van der Waals surface area contributed by atoms with E-state index in [2.05, 4.69) is 8.67 Å². The van der Waals surface area contributed by atoms with E-state index in [9.17, 15) is 17.4 Å². The van der Waals surface area contributed by atoms with E-state index in [1.54, 1.807) is 0 Å². The third-order valence-electron chi connectivity index (χ3n) is 0.897. The van der Waals surface area contributed by atoms with Gasteiger partial charge >= 0.3 is 6.18 Å². The van der Waals surface area contributed by atoms with E-state index in [1.165, 1.54) is 13.3 Å². The quantitative estimate of drug-likeness (QED) is 0.784. The Morgan fingerprint density at radius 2 is 1.93 bits per heavy atom. The van der Waals surface area contributed by atoms with Crippen LogP contribution in [0.4, 0.5) is 13.2 Å². The molecule has 0 saturated heterocycles. The van der Waals surface area contributed by atoms with Crippen LogP contribution in [0.1, 0.15) is 0 Å². The van der Waals surface area contributed by atoms with Crippen LogP contribution in [-0.2, 0) is 14.4 Å². The minimum absolute atomic E-state index is 1.03. The second-order valence-corrected chi connectivity index (χ2v) is 8.17. The molecule has 0 aliphatic heterocycles. The van der Waals surface area contributed by atoms with Crippen molar-refractivity contribution < 1.29 is 21.9 Å². The molecule has 0 amide bonds. The van der Waals surface area contributed by atoms with E-state index in [0.717, 1.165) is 6.26 Å². The third-order valence-corrected chi connectivity index (χ3v) is 4.48. The standard InChI is InChI=1S/C5H12F3N2O2PS/c1-13(2,10-14(3,9)11)12-4-5(6,7)8/h9H,4H2,1-3H3. The van der Waals surface area contributed by atoms with E-state index in [0.29, 0.717) is 0 Å². The fraction of sp³-hybridized carbons (Fsp3) is 1.00. The summed E-state index contributed by atoms with van der Waals surface area (Å²) in [6, 6.07) is 0. The average Bonchev–Trinajstić information content (AvgIpc) is 1.76. The highest BCUT2D eigenvalue weighted by Gasteiger charge is 2.29. The van der Waals surface area contributed by atoms with Gasteiger partial charge in [-0.3, -0.25) is 0 Å². The molecule has 0 aromatic rings. The molecule has 14 heavy (non-hydrogen) atoms. The van der Waals surface area contributed by atoms with E-state index < -0.39 is 30.0 Å². The molecule has 86 valence electrons. The van der Waals surface area contributed by atoms with Crippen molar-refractivity contribution in [2.45, 2.75) is 6.18 Å². The van der Waals surface area contributed by atoms with Crippen LogP contribution in [-0.4, -0.2) is 36.6 Å². The smallest absolute Gasteiger partial charge is 0.334 e. The van der Waals surface area contributed by atoms with Crippen LogP contribution >= 0.6 is 7.28 Å². The predicted octanol–water partition coefficient (Wildman–Crippen LogP) is 2.53. The molecule has 0 bridgehead atoms. The lowest BCUT2D eigenvalue weighted by atomic mass is 10.7. The average molecular weight is 252 g/mol. The van der Waals surface area contributed by atoms with E-state index in [-0.39, 0.29) is 0 Å². The second-order valence-electron chi connectivity index (χ2n) is 3.07. The normalized spacial score (nSPS) is 17.6. The molecular formula is C5H12F3N2O2PS. The molecule has 4 nitrogen and oxygen atoms in total. The zero-order valence-corrected chi connectivity index (χ0v) is 9.67. The first-order valence-electron chi connectivity index (χ1n) is 3.45. The highest BCUT2D eigenvalue weighted by molar-refractivity contribution is 7.93. The Morgan fingerprint density at radius 1 is 1.50 bits per heavy atom. The Morgan fingerprint density at radius 3 is 2.21 bits per heavy atom. The summed E-state index contributed by atoms with van der Waals surface area (Å²) in [6.07, 6.45) is -3.39. The Balaban J connectivity index is 4.60. The van der Waals surface area contributed by atoms with Crippen molar-refractivity contribution in [2.75, 3.05) is 26.2 Å². The van der Waals surface area contributed by atoms with Gasteiger partial charge in [-0.15, -0.1) is 0 Å². The van der Waals surface area contributed by atoms with Crippen molar-refractivity contribution >= 4 is 17.2 Å². The summed E-state index contributed by atoms with van der Waals surface area (Å²) in [4.78, 5) is 0. The van der Waals surface area contributed by atoms with Crippen molar-refractivity contribution in [1.82, 2.24) is 0 Å². The van der Waals surface area contributed by atoms with Gasteiger partial charge in [0.1, 0.15) is 16.5 Å². The SMILES string of the molecule is CP(C)(=NS(C)(=N)=O)OCC(F)(F)F. The van der Waals surface area contributed by atoms with Gasteiger partial charge in [0, 0.05) is 6.26 Å². The van der Waals surface area contributed by atoms with Gasteiger partial charge in [-0.2, -0.15) is 17.3 Å². The minimum Gasteiger partial charge on any atom is -0.334 e. The number of alkyl halides is 3. The van der Waals surface area contributed by atoms with Crippen LogP contribution in [0.5, 0.6) is 0 Å². The lowest BCUT2D eigenvalue weighted by molar-refractivity contribution is -0.152. The molecule has 9 heteroatoms. The van der Waals surface area contributed by atoms with Gasteiger partial charge in [0.25, 0.3) is 0 Å². The van der Waals surface area contributed by atoms with E-state index >= 15 is 0 Å². The summed E-state index contributed by atoms with van der Waals surface area (Å²) in [5, 5.41) is 0. The molecule has 1 N–H and O–H groups in total. The molecule has 0 rings (SSSR count). The largest absolute Gasteiger partial charge is 0.412 e. The van der Waals surface area contributed by atoms with Gasteiger partial charge in [-0.1, -0.05) is 0 Å². The predicted molar refractivity (Wildman–Crippen MR) is 50.0 cm³/mol. The van der Waals surface area contributed by atoms with Gasteiger partial charge in [0.05, 0.1) is 7.28 Å². The number of halogens is 3. The number of nitrogens with one attached hydrogen (secondary N) is 1. The number of rotatable bonds is 3. The third kappa shape index (κ3) is 8.52. The molecule has 0 aliphatic rings. The Bertz CT molecular complexity index is 342. The molecule has 0 saturated carbocycles. The van der Waals surface area contributed by atoms with Gasteiger partial charge in [-0.05, 0) is 13.3 Å². The topological polar surface area (TPSA) is 62.5 Å². The van der Waals surface area contributed by atoms with Crippen molar-refractivity contribution in [3.63, 3.8) is 0 Å². The van der Waals surface area contributed by atoms with Crippen molar-refractivity contribution in [3.8, 4) is 0 Å². The van der Waals surface area contributed by atoms with Gasteiger partial charge in [-0.25, -0.2) is 8.99 Å². The maximum Gasteiger partial charge on any atom is 0.412 e. The lowest BCUT2D eigenvalue weighted by Crippen LogP contribution is -2.15. The fourth-order valence-electron chi connectivity index (χ4n) is 0.630. The molecular weight excluding hydrogens is 240 g/mol. The summed E-state index contributed by atoms with van der Waals surface area (Å²) in [5.41, 5.74) is 0. The summed E-state index contributed by atoms with van der Waals surface area (Å²) in [7, 11) is -5.89. The highest BCUT2D eigenvalue weighted by atomic mass is 32.2. The van der Waals surface area contributed by atoms with Crippen molar-refractivity contribution in [2.24, 2.45) is 4.15 Å². The highest BCUT2D eigenvalue weighted by Crippen LogP contribution is 2.44. The van der Waals surface area contributed by atoms with Crippen LogP contribution in [0.15, 0.2) is 4.15 Å². The Labute approximate surface area is 81.1 Å². The summed E-state index contributed by atoms with van der Waals surface area (Å²) in [5.74, 6) is 0. The maximum atomic E-state index is 11.8. The van der Waals surface area contributed by atoms with Crippen LogP contribution in [0.25, 0.3) is 0 Å². The van der Waals surface area contributed by atoms with Gasteiger partial charge < -0.3 is 4.52 Å². The van der Waals surface area contributed by atoms with E-state index in [4.69, 9.17) is 4.78 Å². The Kier molecular flexibility index (Phi) is 4.18. The molecule has 0 aromatic heterocycles. The number of hydrogen-bond donors (Lipinski definition) is 1. The molecule has 0 spiro atoms. The molecule has 1 atom stereocenters. The minimum atomic E-state index is -4.43. The lowest BCUT2D eigenvalue weighted by Gasteiger charge is -2.16. The first-order valence-corrected chi connectivity index (χ1v) is 7.93. The first-order chi connectivity index (χ1) is 5.91. The van der Waals surface area contributed by atoms with Crippen LogP contribution in [0, 0.1) is 4.78 Å².